The second kappa shape index (κ2) is 6.95. The molecule has 0 bridgehead atoms. The number of Topliss-reactive ketones (excluding diaryl/α,β-unsaturated/α-hetero) is 1. The molecule has 1 atom stereocenters. The first kappa shape index (κ1) is 18.8. The van der Waals surface area contributed by atoms with Gasteiger partial charge in [0.05, 0.1) is 16.5 Å². The molecule has 0 aromatic heterocycles. The predicted octanol–water partition coefficient (Wildman–Crippen LogP) is 1.58. The van der Waals surface area contributed by atoms with Crippen molar-refractivity contribution in [3.05, 3.63) is 81.1 Å². The molecule has 1 aliphatic heterocycles. The Kier molecular flexibility index (Phi) is 4.66. The summed E-state index contributed by atoms with van der Waals surface area (Å²) in [6.45, 7) is 1.16. The maximum Gasteiger partial charge on any atom is 0.335 e. The monoisotopic (exact) mass is 381 g/mol. The first-order chi connectivity index (χ1) is 13.2. The molecule has 0 saturated carbocycles. The minimum Gasteiger partial charge on any atom is -0.868 e. The molecule has 9 heteroatoms. The maximum atomic E-state index is 12.6. The van der Waals surface area contributed by atoms with Crippen molar-refractivity contribution in [3.8, 4) is 0 Å². The van der Waals surface area contributed by atoms with Crippen LogP contribution in [0, 0.1) is 10.1 Å². The van der Waals surface area contributed by atoms with E-state index in [0.717, 1.165) is 11.8 Å². The van der Waals surface area contributed by atoms with Gasteiger partial charge in [0.1, 0.15) is 0 Å². The third-order valence-corrected chi connectivity index (χ3v) is 4.38. The molecule has 0 fully saturated rings. The maximum absolute atomic E-state index is 12.6. The Morgan fingerprint density at radius 1 is 1.07 bits per heavy atom. The fourth-order valence-electron chi connectivity index (χ4n) is 3.07. The van der Waals surface area contributed by atoms with E-state index in [0.29, 0.717) is 5.56 Å². The number of anilines is 1. The van der Waals surface area contributed by atoms with E-state index in [1.54, 1.807) is 0 Å². The van der Waals surface area contributed by atoms with Crippen LogP contribution >= 0.6 is 0 Å². The molecule has 1 N–H and O–H groups in total. The van der Waals surface area contributed by atoms with Crippen LogP contribution in [0.4, 0.5) is 11.4 Å². The highest BCUT2D eigenvalue weighted by Gasteiger charge is 2.39. The molecule has 2 aromatic rings. The highest BCUT2D eigenvalue weighted by atomic mass is 16.6. The Morgan fingerprint density at radius 3 is 2.11 bits per heavy atom. The Labute approximate surface area is 158 Å². The lowest BCUT2D eigenvalue weighted by Gasteiger charge is -2.27. The van der Waals surface area contributed by atoms with Crippen LogP contribution in [0.15, 0.2) is 59.9 Å². The van der Waals surface area contributed by atoms with Gasteiger partial charge in [-0.05, 0) is 54.6 Å². The summed E-state index contributed by atoms with van der Waals surface area (Å²) in [4.78, 5) is 47.0. The van der Waals surface area contributed by atoms with Gasteiger partial charge in [0.2, 0.25) is 5.91 Å². The van der Waals surface area contributed by atoms with Gasteiger partial charge in [-0.1, -0.05) is 0 Å². The van der Waals surface area contributed by atoms with Gasteiger partial charge >= 0.3 is 5.97 Å². The van der Waals surface area contributed by atoms with Gasteiger partial charge in [-0.3, -0.25) is 24.6 Å². The van der Waals surface area contributed by atoms with Crippen molar-refractivity contribution in [1.29, 1.82) is 0 Å². The number of nitro benzene ring substituents is 1. The molecule has 1 amide bonds. The number of nitro groups is 1. The van der Waals surface area contributed by atoms with Gasteiger partial charge in [0.15, 0.2) is 5.78 Å². The highest BCUT2D eigenvalue weighted by Crippen LogP contribution is 2.40. The van der Waals surface area contributed by atoms with Crippen molar-refractivity contribution < 1.29 is 29.5 Å². The summed E-state index contributed by atoms with van der Waals surface area (Å²) in [5, 5.41) is 32.3. The zero-order valence-electron chi connectivity index (χ0n) is 14.5. The van der Waals surface area contributed by atoms with Gasteiger partial charge in [-0.15, -0.1) is 0 Å². The highest BCUT2D eigenvalue weighted by molar-refractivity contribution is 6.15. The molecule has 0 unspecified atom stereocenters. The predicted molar refractivity (Wildman–Crippen MR) is 94.4 cm³/mol. The average Bonchev–Trinajstić information content (AvgIpc) is 2.93. The van der Waals surface area contributed by atoms with E-state index < -0.39 is 34.4 Å². The molecular weight excluding hydrogens is 368 g/mol. The van der Waals surface area contributed by atoms with Crippen LogP contribution in [0.3, 0.4) is 0 Å². The van der Waals surface area contributed by atoms with E-state index >= 15 is 0 Å². The van der Waals surface area contributed by atoms with Crippen molar-refractivity contribution in [2.75, 3.05) is 4.90 Å². The molecule has 1 aliphatic rings. The summed E-state index contributed by atoms with van der Waals surface area (Å²) in [5.41, 5.74) is 0.131. The molecule has 0 spiro atoms. The molecule has 9 nitrogen and oxygen atoms in total. The second-order valence-electron chi connectivity index (χ2n) is 6.08. The smallest absolute Gasteiger partial charge is 0.335 e. The first-order valence-electron chi connectivity index (χ1n) is 8.05. The van der Waals surface area contributed by atoms with Gasteiger partial charge in [0.25, 0.3) is 5.69 Å². The molecule has 142 valence electrons. The van der Waals surface area contributed by atoms with E-state index in [4.69, 9.17) is 5.11 Å². The molecular formula is C19H13N2O7-. The zero-order valence-corrected chi connectivity index (χ0v) is 14.5. The lowest BCUT2D eigenvalue weighted by molar-refractivity contribution is -0.384. The van der Waals surface area contributed by atoms with Gasteiger partial charge in [0, 0.05) is 23.4 Å². The number of carbonyl (C=O) groups is 3. The lowest BCUT2D eigenvalue weighted by atomic mass is 9.96. The van der Waals surface area contributed by atoms with E-state index in [1.807, 2.05) is 0 Å². The number of non-ortho nitro benzene ring substituents is 1. The first-order valence-corrected chi connectivity index (χ1v) is 8.05. The van der Waals surface area contributed by atoms with Crippen LogP contribution < -0.4 is 10.0 Å². The number of ketones is 1. The van der Waals surface area contributed by atoms with E-state index in [9.17, 15) is 29.6 Å². The fraction of sp³-hybridized carbons (Fsp3) is 0.105. The minimum atomic E-state index is -1.15. The molecule has 28 heavy (non-hydrogen) atoms. The van der Waals surface area contributed by atoms with Crippen molar-refractivity contribution in [1.82, 2.24) is 0 Å². The standard InChI is InChI=1S/C19H14N2O7/c1-10(22)15-16(11-2-8-14(9-3-11)21(27)28)20(18(24)17(15)23)13-6-4-12(5-7-13)19(25)26/h2-9,16,23H,1H3,(H,25,26)/p-1/t16-/m0/s1. The molecule has 3 rings (SSSR count). The number of rotatable bonds is 5. The van der Waals surface area contributed by atoms with Crippen molar-refractivity contribution in [2.45, 2.75) is 13.0 Å². The Balaban J connectivity index is 2.12. The lowest BCUT2D eigenvalue weighted by Crippen LogP contribution is -2.32. The van der Waals surface area contributed by atoms with E-state index in [-0.39, 0.29) is 22.5 Å². The van der Waals surface area contributed by atoms with Crippen LogP contribution in [0.1, 0.15) is 28.9 Å². The molecule has 2 aromatic carbocycles. The molecule has 1 heterocycles. The molecule has 0 aliphatic carbocycles. The largest absolute Gasteiger partial charge is 0.868 e. The third-order valence-electron chi connectivity index (χ3n) is 4.38. The number of nitrogens with zero attached hydrogens (tertiary/aromatic N) is 2. The van der Waals surface area contributed by atoms with Crippen LogP contribution in [0.2, 0.25) is 0 Å². The van der Waals surface area contributed by atoms with Crippen molar-refractivity contribution >= 4 is 29.0 Å². The number of amides is 1. The summed E-state index contributed by atoms with van der Waals surface area (Å²) in [6, 6.07) is 9.37. The number of benzene rings is 2. The van der Waals surface area contributed by atoms with E-state index in [1.165, 1.54) is 48.5 Å². The number of carboxylic acids is 1. The Bertz CT molecular complexity index is 1020. The SMILES string of the molecule is CC(=O)C1=C([O-])C(=O)N(c2ccc(C(=O)O)cc2)[C@H]1c1ccc([N+](=O)[O-])cc1. The third kappa shape index (κ3) is 3.09. The summed E-state index contributed by atoms with van der Waals surface area (Å²) in [6.07, 6.45) is 0. The summed E-state index contributed by atoms with van der Waals surface area (Å²) in [5.74, 6) is -3.64. The normalized spacial score (nSPS) is 16.4. The Hall–Kier alpha value is -4.01. The second-order valence-corrected chi connectivity index (χ2v) is 6.08. The van der Waals surface area contributed by atoms with Crippen LogP contribution in [-0.4, -0.2) is 27.7 Å². The average molecular weight is 381 g/mol. The van der Waals surface area contributed by atoms with E-state index in [2.05, 4.69) is 0 Å². The van der Waals surface area contributed by atoms with Crippen LogP contribution in [0.5, 0.6) is 0 Å². The topological polar surface area (TPSA) is 141 Å². The number of hydrogen-bond donors (Lipinski definition) is 1. The Morgan fingerprint density at radius 2 is 1.64 bits per heavy atom. The number of carbonyl (C=O) groups excluding carboxylic acids is 2. The van der Waals surface area contributed by atoms with Crippen LogP contribution in [-0.2, 0) is 9.59 Å². The van der Waals surface area contributed by atoms with Gasteiger partial charge in [-0.2, -0.15) is 0 Å². The van der Waals surface area contributed by atoms with Crippen molar-refractivity contribution in [2.24, 2.45) is 0 Å². The van der Waals surface area contributed by atoms with Crippen molar-refractivity contribution in [3.63, 3.8) is 0 Å². The summed E-state index contributed by atoms with van der Waals surface area (Å²) in [7, 11) is 0. The number of hydrogen-bond acceptors (Lipinski definition) is 6. The minimum absolute atomic E-state index is 0.00983. The molecule has 0 radical (unpaired) electrons. The molecule has 0 saturated heterocycles. The quantitative estimate of drug-likeness (QED) is 0.612. The fourth-order valence-corrected chi connectivity index (χ4v) is 3.07. The zero-order chi connectivity index (χ0) is 20.6. The van der Waals surface area contributed by atoms with Gasteiger partial charge < -0.3 is 10.2 Å². The number of aromatic carboxylic acids is 1. The number of carboxylic acid groups (broad SMARTS) is 1. The van der Waals surface area contributed by atoms with Gasteiger partial charge in [-0.25, -0.2) is 4.79 Å². The summed E-state index contributed by atoms with van der Waals surface area (Å²) < 4.78 is 0. The van der Waals surface area contributed by atoms with Crippen LogP contribution in [0.25, 0.3) is 0 Å². The summed E-state index contributed by atoms with van der Waals surface area (Å²) >= 11 is 0.